The molecule has 2 aliphatic heterocycles. The molecule has 2 fully saturated rings. The average molecular weight is 288 g/mol. The number of hydrogen-bond donors (Lipinski definition) is 1. The number of aromatic nitrogens is 1. The SMILES string of the molecule is CCC(N)Cc1ccc(N2CCCN3CCCC3C2)nc1. The van der Waals surface area contributed by atoms with Crippen molar-refractivity contribution in [2.75, 3.05) is 31.1 Å². The summed E-state index contributed by atoms with van der Waals surface area (Å²) in [4.78, 5) is 9.83. The zero-order chi connectivity index (χ0) is 14.7. The number of nitrogens with two attached hydrogens (primary N) is 1. The first-order valence-electron chi connectivity index (χ1n) is 8.45. The quantitative estimate of drug-likeness (QED) is 0.921. The summed E-state index contributed by atoms with van der Waals surface area (Å²) in [7, 11) is 0. The van der Waals surface area contributed by atoms with Crippen molar-refractivity contribution in [1.82, 2.24) is 9.88 Å². The van der Waals surface area contributed by atoms with Crippen LogP contribution in [0.15, 0.2) is 18.3 Å². The summed E-state index contributed by atoms with van der Waals surface area (Å²) < 4.78 is 0. The number of hydrogen-bond acceptors (Lipinski definition) is 4. The van der Waals surface area contributed by atoms with Gasteiger partial charge in [0, 0.05) is 37.9 Å². The molecule has 116 valence electrons. The van der Waals surface area contributed by atoms with Gasteiger partial charge in [0.15, 0.2) is 0 Å². The summed E-state index contributed by atoms with van der Waals surface area (Å²) >= 11 is 0. The molecule has 0 saturated carbocycles. The zero-order valence-corrected chi connectivity index (χ0v) is 13.2. The summed E-state index contributed by atoms with van der Waals surface area (Å²) in [6.07, 6.45) is 7.92. The van der Waals surface area contributed by atoms with E-state index in [2.05, 4.69) is 28.9 Å². The normalized spacial score (nSPS) is 24.7. The van der Waals surface area contributed by atoms with Gasteiger partial charge in [0.2, 0.25) is 0 Å². The van der Waals surface area contributed by atoms with Gasteiger partial charge in [-0.2, -0.15) is 0 Å². The van der Waals surface area contributed by atoms with Crippen LogP contribution in [0, 0.1) is 0 Å². The number of fused-ring (bicyclic) bond motifs is 1. The highest BCUT2D eigenvalue weighted by Gasteiger charge is 2.29. The smallest absolute Gasteiger partial charge is 0.128 e. The molecule has 0 bridgehead atoms. The molecular formula is C17H28N4. The molecule has 0 amide bonds. The second kappa shape index (κ2) is 6.75. The molecule has 2 unspecified atom stereocenters. The fourth-order valence-electron chi connectivity index (χ4n) is 3.59. The molecule has 0 spiro atoms. The van der Waals surface area contributed by atoms with E-state index in [1.165, 1.54) is 37.9 Å². The average Bonchev–Trinajstić information content (AvgIpc) is 2.85. The fourth-order valence-corrected chi connectivity index (χ4v) is 3.59. The second-order valence-electron chi connectivity index (χ2n) is 6.53. The fraction of sp³-hybridized carbons (Fsp3) is 0.706. The standard InChI is InChI=1S/C17H28N4/c1-2-15(18)11-14-6-7-17(19-12-14)21-10-4-9-20-8-3-5-16(20)13-21/h6-7,12,15-16H,2-5,8-11,13,18H2,1H3. The van der Waals surface area contributed by atoms with Gasteiger partial charge in [-0.1, -0.05) is 13.0 Å². The zero-order valence-electron chi connectivity index (χ0n) is 13.2. The van der Waals surface area contributed by atoms with Gasteiger partial charge in [-0.05, 0) is 50.3 Å². The van der Waals surface area contributed by atoms with Crippen LogP contribution < -0.4 is 10.6 Å². The summed E-state index contributed by atoms with van der Waals surface area (Å²) in [6.45, 7) is 6.95. The van der Waals surface area contributed by atoms with Crippen LogP contribution in [-0.4, -0.2) is 48.1 Å². The van der Waals surface area contributed by atoms with E-state index in [1.54, 1.807) is 0 Å². The predicted octanol–water partition coefficient (Wildman–Crippen LogP) is 2.04. The Bertz CT molecular complexity index is 445. The van der Waals surface area contributed by atoms with E-state index in [0.717, 1.165) is 37.8 Å². The topological polar surface area (TPSA) is 45.4 Å². The molecule has 2 N–H and O–H groups in total. The van der Waals surface area contributed by atoms with E-state index < -0.39 is 0 Å². The summed E-state index contributed by atoms with van der Waals surface area (Å²) in [5.41, 5.74) is 7.28. The van der Waals surface area contributed by atoms with Crippen molar-refractivity contribution in [3.05, 3.63) is 23.9 Å². The Morgan fingerprint density at radius 2 is 2.14 bits per heavy atom. The molecule has 3 heterocycles. The summed E-state index contributed by atoms with van der Waals surface area (Å²) in [5.74, 6) is 1.14. The second-order valence-corrected chi connectivity index (χ2v) is 6.53. The molecule has 2 saturated heterocycles. The maximum atomic E-state index is 6.02. The number of pyridine rings is 1. The predicted molar refractivity (Wildman–Crippen MR) is 87.6 cm³/mol. The third-order valence-electron chi connectivity index (χ3n) is 4.96. The lowest BCUT2D eigenvalue weighted by molar-refractivity contribution is 0.273. The lowest BCUT2D eigenvalue weighted by Crippen LogP contribution is -2.36. The molecule has 4 nitrogen and oxygen atoms in total. The number of anilines is 1. The first-order chi connectivity index (χ1) is 10.3. The molecule has 2 atom stereocenters. The van der Waals surface area contributed by atoms with Gasteiger partial charge in [-0.3, -0.25) is 4.90 Å². The van der Waals surface area contributed by atoms with Gasteiger partial charge < -0.3 is 10.6 Å². The van der Waals surface area contributed by atoms with Gasteiger partial charge >= 0.3 is 0 Å². The van der Waals surface area contributed by atoms with Crippen molar-refractivity contribution in [1.29, 1.82) is 0 Å². The van der Waals surface area contributed by atoms with Gasteiger partial charge in [-0.15, -0.1) is 0 Å². The molecule has 0 aromatic carbocycles. The van der Waals surface area contributed by atoms with Crippen LogP contribution in [0.25, 0.3) is 0 Å². The Labute approximate surface area is 128 Å². The van der Waals surface area contributed by atoms with Gasteiger partial charge in [0.25, 0.3) is 0 Å². The molecule has 1 aromatic heterocycles. The van der Waals surface area contributed by atoms with E-state index >= 15 is 0 Å². The highest BCUT2D eigenvalue weighted by Crippen LogP contribution is 2.24. The van der Waals surface area contributed by atoms with Crippen LogP contribution in [0.3, 0.4) is 0 Å². The van der Waals surface area contributed by atoms with E-state index in [9.17, 15) is 0 Å². The third kappa shape index (κ3) is 3.55. The maximum Gasteiger partial charge on any atom is 0.128 e. The van der Waals surface area contributed by atoms with Crippen LogP contribution in [0.4, 0.5) is 5.82 Å². The van der Waals surface area contributed by atoms with Gasteiger partial charge in [0.05, 0.1) is 0 Å². The third-order valence-corrected chi connectivity index (χ3v) is 4.96. The van der Waals surface area contributed by atoms with Crippen LogP contribution in [0.5, 0.6) is 0 Å². The highest BCUT2D eigenvalue weighted by atomic mass is 15.3. The Morgan fingerprint density at radius 3 is 2.90 bits per heavy atom. The lowest BCUT2D eigenvalue weighted by Gasteiger charge is -2.26. The van der Waals surface area contributed by atoms with E-state index in [4.69, 9.17) is 10.7 Å². The molecule has 3 rings (SSSR count). The Hall–Kier alpha value is -1.13. The van der Waals surface area contributed by atoms with E-state index in [1.807, 2.05) is 6.20 Å². The van der Waals surface area contributed by atoms with Crippen LogP contribution in [-0.2, 0) is 6.42 Å². The van der Waals surface area contributed by atoms with Crippen LogP contribution in [0.2, 0.25) is 0 Å². The molecule has 0 radical (unpaired) electrons. The monoisotopic (exact) mass is 288 g/mol. The van der Waals surface area contributed by atoms with Crippen molar-refractivity contribution < 1.29 is 0 Å². The first-order valence-corrected chi connectivity index (χ1v) is 8.45. The van der Waals surface area contributed by atoms with Gasteiger partial charge in [-0.25, -0.2) is 4.98 Å². The number of rotatable bonds is 4. The summed E-state index contributed by atoms with van der Waals surface area (Å²) in [6, 6.07) is 5.38. The molecule has 21 heavy (non-hydrogen) atoms. The Morgan fingerprint density at radius 1 is 1.29 bits per heavy atom. The lowest BCUT2D eigenvalue weighted by atomic mass is 10.1. The molecule has 4 heteroatoms. The minimum absolute atomic E-state index is 0.253. The Balaban J connectivity index is 1.65. The van der Waals surface area contributed by atoms with Crippen molar-refractivity contribution in [2.24, 2.45) is 5.73 Å². The first kappa shape index (κ1) is 14.8. The molecular weight excluding hydrogens is 260 g/mol. The van der Waals surface area contributed by atoms with E-state index in [0.29, 0.717) is 0 Å². The van der Waals surface area contributed by atoms with Crippen molar-refractivity contribution >= 4 is 5.82 Å². The highest BCUT2D eigenvalue weighted by molar-refractivity contribution is 5.40. The van der Waals surface area contributed by atoms with Crippen molar-refractivity contribution in [3.63, 3.8) is 0 Å². The van der Waals surface area contributed by atoms with E-state index in [-0.39, 0.29) is 6.04 Å². The number of nitrogens with zero attached hydrogens (tertiary/aromatic N) is 3. The van der Waals surface area contributed by atoms with Crippen LogP contribution in [0.1, 0.15) is 38.2 Å². The molecule has 2 aliphatic rings. The van der Waals surface area contributed by atoms with Crippen LogP contribution >= 0.6 is 0 Å². The largest absolute Gasteiger partial charge is 0.355 e. The maximum absolute atomic E-state index is 6.02. The van der Waals surface area contributed by atoms with Crippen molar-refractivity contribution in [2.45, 2.75) is 51.1 Å². The minimum atomic E-state index is 0.253. The Kier molecular flexibility index (Phi) is 4.76. The van der Waals surface area contributed by atoms with Crippen molar-refractivity contribution in [3.8, 4) is 0 Å². The van der Waals surface area contributed by atoms with Gasteiger partial charge in [0.1, 0.15) is 5.82 Å². The summed E-state index contributed by atoms with van der Waals surface area (Å²) in [5, 5.41) is 0. The minimum Gasteiger partial charge on any atom is -0.355 e. The molecule has 0 aliphatic carbocycles. The molecule has 1 aromatic rings.